The van der Waals surface area contributed by atoms with E-state index < -0.39 is 6.09 Å². The first-order chi connectivity index (χ1) is 7.86. The van der Waals surface area contributed by atoms with E-state index in [-0.39, 0.29) is 18.3 Å². The number of likely N-dealkylation sites (tertiary alicyclic amines) is 1. The van der Waals surface area contributed by atoms with Crippen molar-refractivity contribution in [2.24, 2.45) is 0 Å². The number of halogens is 1. The van der Waals surface area contributed by atoms with Crippen molar-refractivity contribution in [3.8, 4) is 0 Å². The summed E-state index contributed by atoms with van der Waals surface area (Å²) in [6.45, 7) is 7.45. The van der Waals surface area contributed by atoms with Gasteiger partial charge in [0.25, 0.3) is 0 Å². The molecule has 1 amide bonds. The summed E-state index contributed by atoms with van der Waals surface area (Å²) in [5, 5.41) is 9.28. The van der Waals surface area contributed by atoms with E-state index in [4.69, 9.17) is 0 Å². The fraction of sp³-hybridized carbons (Fsp3) is 0.917. The van der Waals surface area contributed by atoms with Gasteiger partial charge in [-0.05, 0) is 33.6 Å². The molecule has 0 aromatic carbocycles. The SMILES string of the molecule is CC(C)(C)N(C(=O)O)C1CCN(CCF)CC1. The van der Waals surface area contributed by atoms with Crippen LogP contribution in [-0.4, -0.2) is 58.9 Å². The van der Waals surface area contributed by atoms with Crippen molar-refractivity contribution in [2.45, 2.75) is 45.2 Å². The molecule has 1 rings (SSSR count). The van der Waals surface area contributed by atoms with Gasteiger partial charge in [0.15, 0.2) is 0 Å². The zero-order valence-corrected chi connectivity index (χ0v) is 10.9. The van der Waals surface area contributed by atoms with E-state index in [9.17, 15) is 14.3 Å². The highest BCUT2D eigenvalue weighted by molar-refractivity contribution is 5.66. The summed E-state index contributed by atoms with van der Waals surface area (Å²) >= 11 is 0. The Morgan fingerprint density at radius 2 is 1.94 bits per heavy atom. The van der Waals surface area contributed by atoms with Gasteiger partial charge < -0.3 is 14.9 Å². The summed E-state index contributed by atoms with van der Waals surface area (Å²) in [7, 11) is 0. The second-order valence-corrected chi connectivity index (χ2v) is 5.59. The minimum absolute atomic E-state index is 0.0587. The van der Waals surface area contributed by atoms with Crippen molar-refractivity contribution >= 4 is 6.09 Å². The second-order valence-electron chi connectivity index (χ2n) is 5.59. The molecule has 1 N–H and O–H groups in total. The maximum absolute atomic E-state index is 12.2. The molecule has 1 heterocycles. The Kier molecular flexibility index (Phi) is 4.74. The topological polar surface area (TPSA) is 43.8 Å². The molecule has 0 atom stereocenters. The lowest BCUT2D eigenvalue weighted by atomic mass is 9.97. The molecular formula is C12H23FN2O2. The molecule has 1 fully saturated rings. The van der Waals surface area contributed by atoms with Crippen molar-refractivity contribution in [1.82, 2.24) is 9.80 Å². The zero-order valence-electron chi connectivity index (χ0n) is 10.9. The quantitative estimate of drug-likeness (QED) is 0.830. The van der Waals surface area contributed by atoms with E-state index >= 15 is 0 Å². The van der Waals surface area contributed by atoms with Gasteiger partial charge in [-0.3, -0.25) is 0 Å². The zero-order chi connectivity index (χ0) is 13.1. The van der Waals surface area contributed by atoms with Crippen LogP contribution in [0.4, 0.5) is 9.18 Å². The summed E-state index contributed by atoms with van der Waals surface area (Å²) in [6, 6.07) is 0.0587. The van der Waals surface area contributed by atoms with Gasteiger partial charge in [-0.2, -0.15) is 0 Å². The lowest BCUT2D eigenvalue weighted by molar-refractivity contribution is 0.0412. The number of carboxylic acid groups (broad SMARTS) is 1. The highest BCUT2D eigenvalue weighted by atomic mass is 19.1. The van der Waals surface area contributed by atoms with Crippen molar-refractivity contribution < 1.29 is 14.3 Å². The number of rotatable bonds is 3. The summed E-state index contributed by atoms with van der Waals surface area (Å²) in [5.74, 6) is 0. The second kappa shape index (κ2) is 5.67. The molecule has 0 spiro atoms. The summed E-state index contributed by atoms with van der Waals surface area (Å²) < 4.78 is 12.2. The van der Waals surface area contributed by atoms with Crippen molar-refractivity contribution in [3.05, 3.63) is 0 Å². The Morgan fingerprint density at radius 1 is 1.41 bits per heavy atom. The number of amides is 1. The number of alkyl halides is 1. The molecule has 5 heteroatoms. The normalized spacial score (nSPS) is 19.3. The smallest absolute Gasteiger partial charge is 0.407 e. The Balaban J connectivity index is 2.59. The average Bonchev–Trinajstić information content (AvgIpc) is 2.18. The van der Waals surface area contributed by atoms with Crippen LogP contribution >= 0.6 is 0 Å². The van der Waals surface area contributed by atoms with Crippen molar-refractivity contribution in [1.29, 1.82) is 0 Å². The van der Waals surface area contributed by atoms with Crippen LogP contribution in [0, 0.1) is 0 Å². The molecule has 0 bridgehead atoms. The molecule has 0 aliphatic carbocycles. The van der Waals surface area contributed by atoms with Gasteiger partial charge in [0.1, 0.15) is 6.67 Å². The van der Waals surface area contributed by atoms with Gasteiger partial charge >= 0.3 is 6.09 Å². The first-order valence-electron chi connectivity index (χ1n) is 6.17. The van der Waals surface area contributed by atoms with Crippen LogP contribution in [0.25, 0.3) is 0 Å². The maximum Gasteiger partial charge on any atom is 0.407 e. The number of piperidine rings is 1. The molecule has 0 aromatic rings. The van der Waals surface area contributed by atoms with Crippen LogP contribution in [0.2, 0.25) is 0 Å². The first kappa shape index (κ1) is 14.2. The average molecular weight is 246 g/mol. The minimum Gasteiger partial charge on any atom is -0.465 e. The number of hydrogen-bond acceptors (Lipinski definition) is 2. The molecule has 0 unspecified atom stereocenters. The molecule has 1 aliphatic heterocycles. The molecule has 100 valence electrons. The molecule has 1 aliphatic rings. The number of nitrogens with zero attached hydrogens (tertiary/aromatic N) is 2. The largest absolute Gasteiger partial charge is 0.465 e. The number of hydrogen-bond donors (Lipinski definition) is 1. The van der Waals surface area contributed by atoms with E-state index in [1.54, 1.807) is 4.90 Å². The Morgan fingerprint density at radius 3 is 2.29 bits per heavy atom. The Bertz CT molecular complexity index is 258. The van der Waals surface area contributed by atoms with E-state index in [1.165, 1.54) is 0 Å². The van der Waals surface area contributed by atoms with Crippen molar-refractivity contribution in [3.63, 3.8) is 0 Å². The molecule has 1 saturated heterocycles. The fourth-order valence-corrected chi connectivity index (χ4v) is 2.51. The highest BCUT2D eigenvalue weighted by Crippen LogP contribution is 2.24. The molecule has 17 heavy (non-hydrogen) atoms. The molecule has 4 nitrogen and oxygen atoms in total. The van der Waals surface area contributed by atoms with Crippen LogP contribution in [0.1, 0.15) is 33.6 Å². The molecule has 0 saturated carbocycles. The highest BCUT2D eigenvalue weighted by Gasteiger charge is 2.34. The van der Waals surface area contributed by atoms with Gasteiger partial charge in [-0.1, -0.05) is 0 Å². The van der Waals surface area contributed by atoms with Gasteiger partial charge in [0.05, 0.1) is 0 Å². The molecular weight excluding hydrogens is 223 g/mol. The lowest BCUT2D eigenvalue weighted by Crippen LogP contribution is -2.54. The van der Waals surface area contributed by atoms with E-state index in [0.29, 0.717) is 6.54 Å². The predicted octanol–water partition coefficient (Wildman–Crippen LogP) is 2.20. The third-order valence-corrected chi connectivity index (χ3v) is 3.25. The van der Waals surface area contributed by atoms with Crippen LogP contribution in [-0.2, 0) is 0 Å². The van der Waals surface area contributed by atoms with Gasteiger partial charge in [-0.15, -0.1) is 0 Å². The van der Waals surface area contributed by atoms with Gasteiger partial charge in [0, 0.05) is 31.2 Å². The van der Waals surface area contributed by atoms with E-state index in [2.05, 4.69) is 4.90 Å². The molecule has 0 aromatic heterocycles. The summed E-state index contributed by atoms with van der Waals surface area (Å²) in [5.41, 5.74) is -0.376. The first-order valence-corrected chi connectivity index (χ1v) is 6.17. The Hall–Kier alpha value is -0.840. The third kappa shape index (κ3) is 3.84. The standard InChI is InChI=1S/C12H23FN2O2/c1-12(2,3)15(11(16)17)10-4-7-14(8-5-10)9-6-13/h10H,4-9H2,1-3H3,(H,16,17). The summed E-state index contributed by atoms with van der Waals surface area (Å²) in [6.07, 6.45) is 0.731. The molecule has 0 radical (unpaired) electrons. The van der Waals surface area contributed by atoms with Gasteiger partial charge in [-0.25, -0.2) is 9.18 Å². The minimum atomic E-state index is -0.860. The summed E-state index contributed by atoms with van der Waals surface area (Å²) in [4.78, 5) is 14.9. The van der Waals surface area contributed by atoms with Gasteiger partial charge in [0.2, 0.25) is 0 Å². The van der Waals surface area contributed by atoms with Crippen LogP contribution < -0.4 is 0 Å². The third-order valence-electron chi connectivity index (χ3n) is 3.25. The van der Waals surface area contributed by atoms with E-state index in [1.807, 2.05) is 20.8 Å². The predicted molar refractivity (Wildman–Crippen MR) is 65.1 cm³/mol. The lowest BCUT2D eigenvalue weighted by Gasteiger charge is -2.43. The monoisotopic (exact) mass is 246 g/mol. The van der Waals surface area contributed by atoms with Crippen LogP contribution in [0.3, 0.4) is 0 Å². The van der Waals surface area contributed by atoms with Crippen LogP contribution in [0.5, 0.6) is 0 Å². The van der Waals surface area contributed by atoms with E-state index in [0.717, 1.165) is 25.9 Å². The van der Waals surface area contributed by atoms with Crippen LogP contribution in [0.15, 0.2) is 0 Å². The number of carbonyl (C=O) groups is 1. The maximum atomic E-state index is 12.2. The Labute approximate surface area is 102 Å². The fourth-order valence-electron chi connectivity index (χ4n) is 2.51. The van der Waals surface area contributed by atoms with Crippen molar-refractivity contribution in [2.75, 3.05) is 26.3 Å².